The van der Waals surface area contributed by atoms with Gasteiger partial charge in [-0.25, -0.2) is 4.90 Å². The first-order valence-corrected chi connectivity index (χ1v) is 9.87. The van der Waals surface area contributed by atoms with Crippen molar-refractivity contribution in [2.75, 3.05) is 17.3 Å². The van der Waals surface area contributed by atoms with Crippen LogP contribution in [-0.2, 0) is 4.79 Å². The van der Waals surface area contributed by atoms with Crippen LogP contribution >= 0.6 is 0 Å². The fourth-order valence-electron chi connectivity index (χ4n) is 3.39. The van der Waals surface area contributed by atoms with Gasteiger partial charge in [0.05, 0.1) is 16.8 Å². The summed E-state index contributed by atoms with van der Waals surface area (Å²) in [7, 11) is 1.56. The van der Waals surface area contributed by atoms with E-state index in [4.69, 9.17) is 0 Å². The van der Waals surface area contributed by atoms with Crippen LogP contribution in [0.1, 0.15) is 36.6 Å². The maximum atomic E-state index is 12.7. The number of nitrogens with zero attached hydrogens (tertiary/aromatic N) is 1. The van der Waals surface area contributed by atoms with Crippen molar-refractivity contribution in [1.29, 1.82) is 0 Å². The number of carbonyl (C=O) groups is 4. The highest BCUT2D eigenvalue weighted by Crippen LogP contribution is 2.29. The number of hydrogen-bond acceptors (Lipinski definition) is 4. The van der Waals surface area contributed by atoms with Gasteiger partial charge in [0.2, 0.25) is 5.91 Å². The fourth-order valence-corrected chi connectivity index (χ4v) is 3.39. The third kappa shape index (κ3) is 4.04. The van der Waals surface area contributed by atoms with E-state index in [2.05, 4.69) is 10.6 Å². The molecule has 0 fully saturated rings. The monoisotopic (exact) mass is 425 g/mol. The molecule has 3 aromatic rings. The summed E-state index contributed by atoms with van der Waals surface area (Å²) in [6, 6.07) is 20.0. The molecule has 0 spiro atoms. The zero-order valence-corrected chi connectivity index (χ0v) is 17.2. The van der Waals surface area contributed by atoms with Crippen molar-refractivity contribution in [2.45, 2.75) is 0 Å². The molecule has 0 aromatic heterocycles. The van der Waals surface area contributed by atoms with Gasteiger partial charge in [-0.3, -0.25) is 19.2 Å². The minimum atomic E-state index is -0.394. The number of fused-ring (bicyclic) bond motifs is 1. The quantitative estimate of drug-likeness (QED) is 0.483. The molecule has 7 heteroatoms. The Kier molecular flexibility index (Phi) is 5.63. The average Bonchev–Trinajstić information content (AvgIpc) is 3.08. The third-order valence-corrected chi connectivity index (χ3v) is 4.99. The van der Waals surface area contributed by atoms with Gasteiger partial charge in [0.1, 0.15) is 0 Å². The minimum absolute atomic E-state index is 0.184. The molecule has 7 nitrogen and oxygen atoms in total. The Hall–Kier alpha value is -4.52. The number of nitrogens with one attached hydrogen (secondary N) is 2. The van der Waals surface area contributed by atoms with Crippen LogP contribution in [0.3, 0.4) is 0 Å². The Morgan fingerprint density at radius 2 is 1.50 bits per heavy atom. The highest BCUT2D eigenvalue weighted by molar-refractivity contribution is 6.34. The van der Waals surface area contributed by atoms with Gasteiger partial charge in [0.25, 0.3) is 17.7 Å². The molecule has 2 N–H and O–H groups in total. The van der Waals surface area contributed by atoms with Gasteiger partial charge in [0.15, 0.2) is 0 Å². The number of hydrogen-bond donors (Lipinski definition) is 2. The molecule has 1 aliphatic heterocycles. The van der Waals surface area contributed by atoms with E-state index in [9.17, 15) is 19.2 Å². The number of anilines is 2. The molecule has 3 aromatic carbocycles. The highest BCUT2D eigenvalue weighted by Gasteiger charge is 2.36. The molecule has 0 radical (unpaired) electrons. The van der Waals surface area contributed by atoms with Crippen LogP contribution in [0.2, 0.25) is 0 Å². The summed E-state index contributed by atoms with van der Waals surface area (Å²) >= 11 is 0. The van der Waals surface area contributed by atoms with E-state index < -0.39 is 11.8 Å². The van der Waals surface area contributed by atoms with Crippen LogP contribution in [0.4, 0.5) is 11.4 Å². The van der Waals surface area contributed by atoms with Crippen LogP contribution in [0.5, 0.6) is 0 Å². The summed E-state index contributed by atoms with van der Waals surface area (Å²) in [6.45, 7) is 0. The summed E-state index contributed by atoms with van der Waals surface area (Å²) in [5.41, 5.74) is 2.83. The Morgan fingerprint density at radius 3 is 2.12 bits per heavy atom. The smallest absolute Gasteiger partial charge is 0.266 e. The van der Waals surface area contributed by atoms with E-state index in [1.54, 1.807) is 85.9 Å². The van der Waals surface area contributed by atoms with Crippen molar-refractivity contribution in [2.24, 2.45) is 0 Å². The topological polar surface area (TPSA) is 95.6 Å². The second kappa shape index (κ2) is 8.69. The van der Waals surface area contributed by atoms with E-state index >= 15 is 0 Å². The van der Waals surface area contributed by atoms with E-state index in [1.165, 1.54) is 6.08 Å². The predicted molar refractivity (Wildman–Crippen MR) is 122 cm³/mol. The Bertz CT molecular complexity index is 1230. The molecule has 4 amide bonds. The largest absolute Gasteiger partial charge is 0.355 e. The van der Waals surface area contributed by atoms with Crippen molar-refractivity contribution in [3.8, 4) is 0 Å². The van der Waals surface area contributed by atoms with Crippen LogP contribution < -0.4 is 15.5 Å². The summed E-state index contributed by atoms with van der Waals surface area (Å²) in [6.07, 6.45) is 2.99. The minimum Gasteiger partial charge on any atom is -0.355 e. The molecule has 1 aliphatic rings. The van der Waals surface area contributed by atoms with Crippen molar-refractivity contribution in [3.63, 3.8) is 0 Å². The van der Waals surface area contributed by atoms with Crippen LogP contribution in [0.15, 0.2) is 78.9 Å². The first-order valence-electron chi connectivity index (χ1n) is 9.87. The lowest BCUT2D eigenvalue weighted by molar-refractivity contribution is -0.111. The lowest BCUT2D eigenvalue weighted by Crippen LogP contribution is -2.29. The van der Waals surface area contributed by atoms with Crippen LogP contribution in [0.25, 0.3) is 6.08 Å². The van der Waals surface area contributed by atoms with E-state index in [-0.39, 0.29) is 11.8 Å². The lowest BCUT2D eigenvalue weighted by Gasteiger charge is -2.15. The first kappa shape index (κ1) is 20.7. The second-order valence-corrected chi connectivity index (χ2v) is 7.07. The van der Waals surface area contributed by atoms with Gasteiger partial charge in [-0.05, 0) is 54.1 Å². The molecule has 0 atom stereocenters. The lowest BCUT2D eigenvalue weighted by atomic mass is 10.1. The van der Waals surface area contributed by atoms with E-state index in [1.807, 2.05) is 0 Å². The number of imide groups is 1. The van der Waals surface area contributed by atoms with Crippen molar-refractivity contribution >= 4 is 41.1 Å². The van der Waals surface area contributed by atoms with E-state index in [0.717, 1.165) is 10.5 Å². The molecule has 32 heavy (non-hydrogen) atoms. The van der Waals surface area contributed by atoms with Crippen molar-refractivity contribution in [3.05, 3.63) is 101 Å². The number of rotatable bonds is 5. The predicted octanol–water partition coefficient (Wildman–Crippen LogP) is 3.50. The molecule has 0 bridgehead atoms. The number of amides is 4. The summed E-state index contributed by atoms with van der Waals surface area (Å²) in [5, 5.41) is 5.27. The van der Waals surface area contributed by atoms with Crippen molar-refractivity contribution in [1.82, 2.24) is 5.32 Å². The average molecular weight is 425 g/mol. The molecule has 0 saturated heterocycles. The fraction of sp³-hybridized carbons (Fsp3) is 0.0400. The number of carbonyl (C=O) groups excluding carboxylic acids is 4. The molecule has 0 aliphatic carbocycles. The Morgan fingerprint density at radius 1 is 0.844 bits per heavy atom. The van der Waals surface area contributed by atoms with Gasteiger partial charge in [-0.15, -0.1) is 0 Å². The summed E-state index contributed by atoms with van der Waals surface area (Å²) < 4.78 is 0. The molecular formula is C25H19N3O4. The number of benzene rings is 3. The maximum absolute atomic E-state index is 12.7. The SMILES string of the molecule is CNC(=O)c1ccc(/C=C/C(=O)Nc2cccc(N3C(=O)c4ccccc4C3=O)c2)cc1. The molecule has 4 rings (SSSR count). The maximum Gasteiger partial charge on any atom is 0.266 e. The van der Waals surface area contributed by atoms with Gasteiger partial charge in [0, 0.05) is 24.4 Å². The molecule has 0 saturated carbocycles. The zero-order valence-electron chi connectivity index (χ0n) is 17.2. The summed E-state index contributed by atoms with van der Waals surface area (Å²) in [4.78, 5) is 50.4. The van der Waals surface area contributed by atoms with Gasteiger partial charge >= 0.3 is 0 Å². The third-order valence-electron chi connectivity index (χ3n) is 4.99. The van der Waals surface area contributed by atoms with Gasteiger partial charge in [-0.2, -0.15) is 0 Å². The zero-order chi connectivity index (χ0) is 22.7. The standard InChI is InChI=1S/C25H19N3O4/c1-26-23(30)17-12-9-16(10-13-17)11-14-22(29)27-18-5-4-6-19(15-18)28-24(31)20-7-2-3-8-21(20)25(28)32/h2-15H,1H3,(H,26,30)(H,27,29)/b14-11+. The van der Waals surface area contributed by atoms with E-state index in [0.29, 0.717) is 28.1 Å². The second-order valence-electron chi connectivity index (χ2n) is 7.07. The Labute approximate surface area is 184 Å². The molecular weight excluding hydrogens is 406 g/mol. The van der Waals surface area contributed by atoms with Gasteiger partial charge < -0.3 is 10.6 Å². The first-order chi connectivity index (χ1) is 15.5. The molecule has 0 unspecified atom stereocenters. The van der Waals surface area contributed by atoms with Gasteiger partial charge in [-0.1, -0.05) is 30.3 Å². The molecule has 1 heterocycles. The highest BCUT2D eigenvalue weighted by atomic mass is 16.2. The molecule has 158 valence electrons. The van der Waals surface area contributed by atoms with Crippen LogP contribution in [-0.4, -0.2) is 30.7 Å². The normalized spacial score (nSPS) is 12.7. The summed E-state index contributed by atoms with van der Waals surface area (Å²) in [5.74, 6) is -1.35. The van der Waals surface area contributed by atoms with Crippen LogP contribution in [0, 0.1) is 0 Å². The Balaban J connectivity index is 1.46. The van der Waals surface area contributed by atoms with Crippen molar-refractivity contribution < 1.29 is 19.2 Å².